The zero-order valence-corrected chi connectivity index (χ0v) is 14.3. The normalized spacial score (nSPS) is 10.8. The molecule has 2 aromatic carbocycles. The molecule has 0 fully saturated rings. The van der Waals surface area contributed by atoms with Gasteiger partial charge in [0.25, 0.3) is 0 Å². The molecule has 1 aromatic heterocycles. The first-order chi connectivity index (χ1) is 10.1. The molecule has 0 aliphatic rings. The molecule has 3 nitrogen and oxygen atoms in total. The molecule has 106 valence electrons. The number of benzene rings is 2. The third-order valence-electron chi connectivity index (χ3n) is 3.18. The molecule has 0 spiro atoms. The van der Waals surface area contributed by atoms with Crippen LogP contribution in [0, 0.1) is 0 Å². The molecule has 2 N–H and O–H groups in total. The van der Waals surface area contributed by atoms with E-state index in [4.69, 9.17) is 5.73 Å². The van der Waals surface area contributed by atoms with Crippen LogP contribution in [-0.4, -0.2) is 9.78 Å². The van der Waals surface area contributed by atoms with Gasteiger partial charge in [0, 0.05) is 20.7 Å². The van der Waals surface area contributed by atoms with E-state index in [0.29, 0.717) is 12.2 Å². The maximum absolute atomic E-state index is 6.10. The molecular weight excluding hydrogens is 394 g/mol. The number of hydrogen-bond donors (Lipinski definition) is 1. The quantitative estimate of drug-likeness (QED) is 0.684. The predicted octanol–water partition coefficient (Wildman–Crippen LogP) is 4.71. The van der Waals surface area contributed by atoms with Crippen molar-refractivity contribution in [2.24, 2.45) is 0 Å². The number of halogens is 2. The lowest BCUT2D eigenvalue weighted by molar-refractivity contribution is 0.687. The monoisotopic (exact) mass is 405 g/mol. The molecule has 0 atom stereocenters. The van der Waals surface area contributed by atoms with Crippen LogP contribution in [0.2, 0.25) is 0 Å². The van der Waals surface area contributed by atoms with E-state index in [-0.39, 0.29) is 0 Å². The van der Waals surface area contributed by atoms with E-state index in [0.717, 1.165) is 20.2 Å². The maximum atomic E-state index is 6.10. The summed E-state index contributed by atoms with van der Waals surface area (Å²) in [6, 6.07) is 16.1. The van der Waals surface area contributed by atoms with E-state index in [1.807, 2.05) is 53.3 Å². The highest BCUT2D eigenvalue weighted by molar-refractivity contribution is 9.10. The highest BCUT2D eigenvalue weighted by Crippen LogP contribution is 2.27. The van der Waals surface area contributed by atoms with Gasteiger partial charge >= 0.3 is 0 Å². The van der Waals surface area contributed by atoms with Crippen molar-refractivity contribution in [1.29, 1.82) is 0 Å². The molecule has 0 radical (unpaired) electrons. The third-order valence-corrected chi connectivity index (χ3v) is 4.45. The van der Waals surface area contributed by atoms with Gasteiger partial charge in [-0.1, -0.05) is 62.2 Å². The van der Waals surface area contributed by atoms with Gasteiger partial charge in [-0.3, -0.25) is 4.68 Å². The molecule has 0 saturated heterocycles. The number of anilines is 1. The highest BCUT2D eigenvalue weighted by atomic mass is 79.9. The van der Waals surface area contributed by atoms with Crippen LogP contribution < -0.4 is 5.73 Å². The highest BCUT2D eigenvalue weighted by Gasteiger charge is 2.10. The lowest BCUT2D eigenvalue weighted by Gasteiger charge is -2.04. The summed E-state index contributed by atoms with van der Waals surface area (Å²) in [7, 11) is 0. The molecule has 5 heteroatoms. The minimum atomic E-state index is 0.680. The molecule has 0 bridgehead atoms. The van der Waals surface area contributed by atoms with Crippen LogP contribution in [-0.2, 0) is 6.54 Å². The van der Waals surface area contributed by atoms with Crippen LogP contribution in [0.25, 0.3) is 11.3 Å². The Morgan fingerprint density at radius 3 is 2.62 bits per heavy atom. The molecular formula is C16H13Br2N3. The van der Waals surface area contributed by atoms with Gasteiger partial charge in [-0.05, 0) is 23.8 Å². The van der Waals surface area contributed by atoms with Crippen molar-refractivity contribution in [2.45, 2.75) is 6.54 Å². The second-order valence-electron chi connectivity index (χ2n) is 4.73. The summed E-state index contributed by atoms with van der Waals surface area (Å²) in [6.45, 7) is 0.680. The van der Waals surface area contributed by atoms with Crippen molar-refractivity contribution < 1.29 is 0 Å². The Labute approximate surface area is 140 Å². The fourth-order valence-corrected chi connectivity index (χ4v) is 2.99. The largest absolute Gasteiger partial charge is 0.396 e. The maximum Gasteiger partial charge on any atom is 0.115 e. The van der Waals surface area contributed by atoms with Crippen molar-refractivity contribution >= 4 is 37.5 Å². The molecule has 3 rings (SSSR count). The Bertz CT molecular complexity index is 781. The van der Waals surface area contributed by atoms with Gasteiger partial charge in [-0.25, -0.2) is 0 Å². The fraction of sp³-hybridized carbons (Fsp3) is 0.0625. The van der Waals surface area contributed by atoms with Gasteiger partial charge < -0.3 is 5.73 Å². The van der Waals surface area contributed by atoms with E-state index in [9.17, 15) is 0 Å². The average molecular weight is 407 g/mol. The van der Waals surface area contributed by atoms with Crippen molar-refractivity contribution in [3.05, 3.63) is 69.2 Å². The van der Waals surface area contributed by atoms with Crippen molar-refractivity contribution in [2.75, 3.05) is 5.73 Å². The molecule has 0 saturated carbocycles. The van der Waals surface area contributed by atoms with E-state index in [2.05, 4.69) is 43.0 Å². The molecule has 0 amide bonds. The third kappa shape index (κ3) is 3.19. The second-order valence-corrected chi connectivity index (χ2v) is 6.50. The van der Waals surface area contributed by atoms with Crippen LogP contribution in [0.4, 0.5) is 5.69 Å². The van der Waals surface area contributed by atoms with Crippen molar-refractivity contribution in [3.8, 4) is 11.3 Å². The fourth-order valence-electron chi connectivity index (χ4n) is 2.18. The zero-order valence-electron chi connectivity index (χ0n) is 11.1. The smallest absolute Gasteiger partial charge is 0.115 e. The van der Waals surface area contributed by atoms with E-state index < -0.39 is 0 Å². The Kier molecular flexibility index (Phi) is 4.12. The van der Waals surface area contributed by atoms with Gasteiger partial charge in [-0.2, -0.15) is 5.10 Å². The molecule has 0 unspecified atom stereocenters. The number of rotatable bonds is 3. The van der Waals surface area contributed by atoms with Gasteiger partial charge in [0.05, 0.1) is 12.2 Å². The molecule has 0 aliphatic heterocycles. The summed E-state index contributed by atoms with van der Waals surface area (Å²) in [5, 5.41) is 4.61. The Hall–Kier alpha value is -1.59. The van der Waals surface area contributed by atoms with Crippen molar-refractivity contribution in [3.63, 3.8) is 0 Å². The minimum Gasteiger partial charge on any atom is -0.396 e. The lowest BCUT2D eigenvalue weighted by Crippen LogP contribution is -2.01. The topological polar surface area (TPSA) is 43.8 Å². The first-order valence-corrected chi connectivity index (χ1v) is 8.04. The molecule has 0 aliphatic carbocycles. The van der Waals surface area contributed by atoms with Gasteiger partial charge in [0.15, 0.2) is 0 Å². The summed E-state index contributed by atoms with van der Waals surface area (Å²) < 4.78 is 3.95. The Morgan fingerprint density at radius 1 is 1.05 bits per heavy atom. The first-order valence-electron chi connectivity index (χ1n) is 6.46. The molecule has 3 aromatic rings. The SMILES string of the molecule is Nc1cn(Cc2ccccc2Br)nc1-c1cccc(Br)c1. The number of nitrogen functional groups attached to an aromatic ring is 1. The first kappa shape index (κ1) is 14.4. The Balaban J connectivity index is 1.93. The van der Waals surface area contributed by atoms with Gasteiger partial charge in [0.1, 0.15) is 5.69 Å². The second kappa shape index (κ2) is 6.03. The predicted molar refractivity (Wildman–Crippen MR) is 93.0 cm³/mol. The summed E-state index contributed by atoms with van der Waals surface area (Å²) in [5.74, 6) is 0. The number of nitrogens with two attached hydrogens (primary N) is 1. The Morgan fingerprint density at radius 2 is 1.86 bits per heavy atom. The van der Waals surface area contributed by atoms with Crippen LogP contribution in [0.3, 0.4) is 0 Å². The standard InChI is InChI=1S/C16H13Br2N3/c17-13-6-3-5-11(8-13)16-15(19)10-21(20-16)9-12-4-1-2-7-14(12)18/h1-8,10H,9,19H2. The number of nitrogens with zero attached hydrogens (tertiary/aromatic N) is 2. The van der Waals surface area contributed by atoms with E-state index >= 15 is 0 Å². The van der Waals surface area contributed by atoms with Crippen LogP contribution in [0.15, 0.2) is 63.7 Å². The summed E-state index contributed by atoms with van der Waals surface area (Å²) in [5.41, 5.74) is 9.77. The lowest BCUT2D eigenvalue weighted by atomic mass is 10.1. The summed E-state index contributed by atoms with van der Waals surface area (Å²) >= 11 is 7.03. The van der Waals surface area contributed by atoms with E-state index in [1.165, 1.54) is 5.56 Å². The summed E-state index contributed by atoms with van der Waals surface area (Å²) in [4.78, 5) is 0. The van der Waals surface area contributed by atoms with Crippen LogP contribution >= 0.6 is 31.9 Å². The number of aromatic nitrogens is 2. The summed E-state index contributed by atoms with van der Waals surface area (Å²) in [6.07, 6.45) is 1.87. The van der Waals surface area contributed by atoms with Crippen molar-refractivity contribution in [1.82, 2.24) is 9.78 Å². The number of hydrogen-bond acceptors (Lipinski definition) is 2. The van der Waals surface area contributed by atoms with E-state index in [1.54, 1.807) is 0 Å². The van der Waals surface area contributed by atoms with Gasteiger partial charge in [-0.15, -0.1) is 0 Å². The molecule has 1 heterocycles. The average Bonchev–Trinajstić information content (AvgIpc) is 2.82. The minimum absolute atomic E-state index is 0.680. The van der Waals surface area contributed by atoms with Crippen LogP contribution in [0.1, 0.15) is 5.56 Å². The zero-order chi connectivity index (χ0) is 14.8. The van der Waals surface area contributed by atoms with Gasteiger partial charge in [0.2, 0.25) is 0 Å². The molecule has 21 heavy (non-hydrogen) atoms. The van der Waals surface area contributed by atoms with Crippen LogP contribution in [0.5, 0.6) is 0 Å².